The van der Waals surface area contributed by atoms with Crippen molar-refractivity contribution < 1.29 is 13.2 Å². The molecular formula is C12H23F3N2. The van der Waals surface area contributed by atoms with Crippen LogP contribution in [0.15, 0.2) is 0 Å². The topological polar surface area (TPSA) is 29.3 Å². The fourth-order valence-corrected chi connectivity index (χ4v) is 2.45. The van der Waals surface area contributed by atoms with Crippen LogP contribution in [0.5, 0.6) is 0 Å². The lowest BCUT2D eigenvalue weighted by Crippen LogP contribution is -2.46. The van der Waals surface area contributed by atoms with Gasteiger partial charge in [0.05, 0.1) is 6.54 Å². The zero-order valence-electron chi connectivity index (χ0n) is 10.6. The number of nitrogens with two attached hydrogens (primary N) is 1. The molecule has 102 valence electrons. The van der Waals surface area contributed by atoms with E-state index in [9.17, 15) is 13.2 Å². The van der Waals surface area contributed by atoms with Gasteiger partial charge in [-0.2, -0.15) is 13.2 Å². The number of hydrogen-bond acceptors (Lipinski definition) is 2. The molecule has 0 aromatic carbocycles. The van der Waals surface area contributed by atoms with Crippen molar-refractivity contribution in [2.75, 3.05) is 13.1 Å². The first kappa shape index (κ1) is 14.8. The summed E-state index contributed by atoms with van der Waals surface area (Å²) >= 11 is 0. The van der Waals surface area contributed by atoms with Gasteiger partial charge in [-0.1, -0.05) is 12.8 Å². The summed E-state index contributed by atoms with van der Waals surface area (Å²) in [6.45, 7) is 3.26. The summed E-state index contributed by atoms with van der Waals surface area (Å²) in [4.78, 5) is 1.50. The van der Waals surface area contributed by atoms with Crippen LogP contribution in [0.3, 0.4) is 0 Å². The minimum absolute atomic E-state index is 0.0678. The SMILES string of the molecule is CC(C)N(CC1CCCCC1N)CC(F)(F)F. The Kier molecular flexibility index (Phi) is 5.25. The highest BCUT2D eigenvalue weighted by Gasteiger charge is 2.34. The van der Waals surface area contributed by atoms with E-state index in [2.05, 4.69) is 0 Å². The van der Waals surface area contributed by atoms with Crippen molar-refractivity contribution in [1.82, 2.24) is 4.90 Å². The van der Waals surface area contributed by atoms with Gasteiger partial charge in [0.2, 0.25) is 0 Å². The van der Waals surface area contributed by atoms with Crippen molar-refractivity contribution in [3.63, 3.8) is 0 Å². The first-order chi connectivity index (χ1) is 7.79. The molecule has 17 heavy (non-hydrogen) atoms. The summed E-state index contributed by atoms with van der Waals surface area (Å²) in [6.07, 6.45) is -0.0111. The molecule has 0 amide bonds. The molecule has 0 radical (unpaired) electrons. The molecule has 0 aromatic rings. The number of nitrogens with zero attached hydrogens (tertiary/aromatic N) is 1. The third-order valence-electron chi connectivity index (χ3n) is 3.55. The van der Waals surface area contributed by atoms with Crippen LogP contribution < -0.4 is 5.73 Å². The summed E-state index contributed by atoms with van der Waals surface area (Å²) < 4.78 is 37.3. The molecular weight excluding hydrogens is 229 g/mol. The molecule has 2 unspecified atom stereocenters. The largest absolute Gasteiger partial charge is 0.401 e. The number of rotatable bonds is 4. The Balaban J connectivity index is 2.53. The van der Waals surface area contributed by atoms with Gasteiger partial charge in [0.25, 0.3) is 0 Å². The predicted molar refractivity (Wildman–Crippen MR) is 62.7 cm³/mol. The highest BCUT2D eigenvalue weighted by Crippen LogP contribution is 2.26. The Morgan fingerprint density at radius 1 is 1.24 bits per heavy atom. The highest BCUT2D eigenvalue weighted by molar-refractivity contribution is 4.82. The average Bonchev–Trinajstić information content (AvgIpc) is 2.18. The van der Waals surface area contributed by atoms with E-state index in [0.717, 1.165) is 25.7 Å². The second-order valence-electron chi connectivity index (χ2n) is 5.35. The molecule has 2 nitrogen and oxygen atoms in total. The van der Waals surface area contributed by atoms with Crippen LogP contribution in [-0.4, -0.2) is 36.2 Å². The predicted octanol–water partition coefficient (Wildman–Crippen LogP) is 2.78. The van der Waals surface area contributed by atoms with E-state index in [1.807, 2.05) is 0 Å². The Hall–Kier alpha value is -0.290. The van der Waals surface area contributed by atoms with E-state index in [0.29, 0.717) is 6.54 Å². The smallest absolute Gasteiger partial charge is 0.327 e. The van der Waals surface area contributed by atoms with Crippen LogP contribution in [0, 0.1) is 5.92 Å². The third kappa shape index (κ3) is 5.25. The number of hydrogen-bond donors (Lipinski definition) is 1. The minimum atomic E-state index is -4.12. The third-order valence-corrected chi connectivity index (χ3v) is 3.55. The van der Waals surface area contributed by atoms with Gasteiger partial charge in [0.15, 0.2) is 0 Å². The fourth-order valence-electron chi connectivity index (χ4n) is 2.45. The van der Waals surface area contributed by atoms with Gasteiger partial charge in [0, 0.05) is 18.6 Å². The monoisotopic (exact) mass is 252 g/mol. The Labute approximate surface area is 101 Å². The molecule has 0 heterocycles. The summed E-state index contributed by atoms with van der Waals surface area (Å²) in [5.41, 5.74) is 5.98. The standard InChI is InChI=1S/C12H23F3N2/c1-9(2)17(8-12(13,14)15)7-10-5-3-4-6-11(10)16/h9-11H,3-8,16H2,1-2H3. The van der Waals surface area contributed by atoms with Crippen LogP contribution in [0.4, 0.5) is 13.2 Å². The Morgan fingerprint density at radius 3 is 2.29 bits per heavy atom. The second kappa shape index (κ2) is 6.05. The van der Waals surface area contributed by atoms with Crippen LogP contribution in [0.1, 0.15) is 39.5 Å². The molecule has 1 rings (SSSR count). The van der Waals surface area contributed by atoms with Gasteiger partial charge in [-0.25, -0.2) is 0 Å². The van der Waals surface area contributed by atoms with Crippen molar-refractivity contribution in [2.45, 2.75) is 57.8 Å². The lowest BCUT2D eigenvalue weighted by Gasteiger charge is -2.35. The molecule has 0 spiro atoms. The summed E-state index contributed by atoms with van der Waals surface area (Å²) in [5.74, 6) is 0.216. The first-order valence-electron chi connectivity index (χ1n) is 6.36. The molecule has 2 N–H and O–H groups in total. The molecule has 0 bridgehead atoms. The Morgan fingerprint density at radius 2 is 1.82 bits per heavy atom. The molecule has 2 atom stereocenters. The summed E-state index contributed by atoms with van der Waals surface area (Å²) in [7, 11) is 0. The highest BCUT2D eigenvalue weighted by atomic mass is 19.4. The van der Waals surface area contributed by atoms with E-state index in [1.54, 1.807) is 13.8 Å². The van der Waals surface area contributed by atoms with Gasteiger partial charge in [-0.15, -0.1) is 0 Å². The first-order valence-corrected chi connectivity index (χ1v) is 6.36. The second-order valence-corrected chi connectivity index (χ2v) is 5.35. The average molecular weight is 252 g/mol. The van der Waals surface area contributed by atoms with Crippen LogP contribution in [0.25, 0.3) is 0 Å². The van der Waals surface area contributed by atoms with Gasteiger partial charge in [-0.05, 0) is 32.6 Å². The summed E-state index contributed by atoms with van der Waals surface area (Å²) in [5, 5.41) is 0. The van der Waals surface area contributed by atoms with E-state index in [1.165, 1.54) is 4.90 Å². The van der Waals surface area contributed by atoms with Gasteiger partial charge in [0.1, 0.15) is 0 Å². The van der Waals surface area contributed by atoms with Crippen molar-refractivity contribution in [3.05, 3.63) is 0 Å². The maximum atomic E-state index is 12.4. The number of alkyl halides is 3. The van der Waals surface area contributed by atoms with Gasteiger partial charge >= 0.3 is 6.18 Å². The minimum Gasteiger partial charge on any atom is -0.327 e. The van der Waals surface area contributed by atoms with E-state index in [-0.39, 0.29) is 18.0 Å². The molecule has 1 aliphatic carbocycles. The normalized spacial score (nSPS) is 26.8. The van der Waals surface area contributed by atoms with Crippen molar-refractivity contribution in [1.29, 1.82) is 0 Å². The van der Waals surface area contributed by atoms with Crippen LogP contribution in [0.2, 0.25) is 0 Å². The lowest BCUT2D eigenvalue weighted by atomic mass is 9.84. The van der Waals surface area contributed by atoms with Gasteiger partial charge in [-0.3, -0.25) is 4.90 Å². The molecule has 0 aliphatic heterocycles. The zero-order valence-corrected chi connectivity index (χ0v) is 10.6. The van der Waals surface area contributed by atoms with Gasteiger partial charge < -0.3 is 5.73 Å². The molecule has 1 saturated carbocycles. The number of halogens is 3. The van der Waals surface area contributed by atoms with Crippen molar-refractivity contribution in [2.24, 2.45) is 11.7 Å². The maximum Gasteiger partial charge on any atom is 0.401 e. The van der Waals surface area contributed by atoms with E-state index in [4.69, 9.17) is 5.73 Å². The Bertz CT molecular complexity index is 228. The van der Waals surface area contributed by atoms with Crippen LogP contribution in [-0.2, 0) is 0 Å². The van der Waals surface area contributed by atoms with Crippen LogP contribution >= 0.6 is 0 Å². The fraction of sp³-hybridized carbons (Fsp3) is 1.00. The zero-order chi connectivity index (χ0) is 13.1. The maximum absolute atomic E-state index is 12.4. The quantitative estimate of drug-likeness (QED) is 0.833. The molecule has 5 heteroatoms. The van der Waals surface area contributed by atoms with Crippen molar-refractivity contribution in [3.8, 4) is 0 Å². The molecule has 1 aliphatic rings. The van der Waals surface area contributed by atoms with E-state index >= 15 is 0 Å². The summed E-state index contributed by atoms with van der Waals surface area (Å²) in [6, 6.07) is -0.0241. The molecule has 1 fully saturated rings. The molecule has 0 saturated heterocycles. The van der Waals surface area contributed by atoms with Crippen molar-refractivity contribution >= 4 is 0 Å². The lowest BCUT2D eigenvalue weighted by molar-refractivity contribution is -0.151. The molecule has 0 aromatic heterocycles. The van der Waals surface area contributed by atoms with E-state index < -0.39 is 12.7 Å².